The van der Waals surface area contributed by atoms with E-state index in [-0.39, 0.29) is 5.91 Å². The number of nitrogens with one attached hydrogen (secondary N) is 1. The van der Waals surface area contributed by atoms with Crippen molar-refractivity contribution in [2.75, 3.05) is 12.4 Å². The Hall–Kier alpha value is -2.14. The van der Waals surface area contributed by atoms with Crippen molar-refractivity contribution in [1.82, 2.24) is 9.97 Å². The molecule has 0 unspecified atom stereocenters. The fourth-order valence-corrected chi connectivity index (χ4v) is 2.01. The third-order valence-corrected chi connectivity index (χ3v) is 3.05. The van der Waals surface area contributed by atoms with Crippen molar-refractivity contribution >= 4 is 23.2 Å². The number of ether oxygens (including phenoxy) is 1. The molecule has 1 N–H and O–H groups in total. The summed E-state index contributed by atoms with van der Waals surface area (Å²) in [6.45, 7) is 3.54. The van der Waals surface area contributed by atoms with Crippen LogP contribution < -0.4 is 10.1 Å². The average Bonchev–Trinajstić information content (AvgIpc) is 2.38. The van der Waals surface area contributed by atoms with Crippen LogP contribution in [0.1, 0.15) is 21.9 Å². The van der Waals surface area contributed by atoms with Gasteiger partial charge in [-0.25, -0.2) is 9.97 Å². The van der Waals surface area contributed by atoms with E-state index < -0.39 is 0 Å². The van der Waals surface area contributed by atoms with E-state index in [0.717, 1.165) is 0 Å². The van der Waals surface area contributed by atoms with Crippen LogP contribution in [0.4, 0.5) is 5.69 Å². The minimum absolute atomic E-state index is 0.274. The summed E-state index contributed by atoms with van der Waals surface area (Å²) in [7, 11) is 1.53. The number of methoxy groups -OCH3 is 1. The van der Waals surface area contributed by atoms with E-state index in [1.165, 1.54) is 13.3 Å². The maximum Gasteiger partial charge on any atom is 0.259 e. The van der Waals surface area contributed by atoms with Gasteiger partial charge in [0, 0.05) is 11.9 Å². The Bertz CT molecular complexity index is 659. The molecule has 0 saturated heterocycles. The predicted octanol–water partition coefficient (Wildman–Crippen LogP) is 3.01. The van der Waals surface area contributed by atoms with Crippen molar-refractivity contribution in [2.45, 2.75) is 13.8 Å². The molecule has 0 bridgehead atoms. The summed E-state index contributed by atoms with van der Waals surface area (Å²) < 4.78 is 5.06. The molecule has 1 aromatic carbocycles. The first-order valence-corrected chi connectivity index (χ1v) is 6.34. The van der Waals surface area contributed by atoms with Crippen LogP contribution in [0.3, 0.4) is 0 Å². The summed E-state index contributed by atoms with van der Waals surface area (Å²) in [5, 5.41) is 3.18. The van der Waals surface area contributed by atoms with Gasteiger partial charge in [-0.3, -0.25) is 4.79 Å². The largest absolute Gasteiger partial charge is 0.495 e. The van der Waals surface area contributed by atoms with Gasteiger partial charge in [-0.2, -0.15) is 0 Å². The second-order valence-electron chi connectivity index (χ2n) is 4.22. The maximum absolute atomic E-state index is 12.1. The first kappa shape index (κ1) is 14.3. The Morgan fingerprint density at radius 2 is 2.10 bits per heavy atom. The third-order valence-electron chi connectivity index (χ3n) is 2.75. The minimum Gasteiger partial charge on any atom is -0.495 e. The molecule has 1 amide bonds. The molecule has 0 radical (unpaired) electrons. The summed E-state index contributed by atoms with van der Waals surface area (Å²) >= 11 is 6.01. The Morgan fingerprint density at radius 3 is 2.70 bits per heavy atom. The van der Waals surface area contributed by atoms with Gasteiger partial charge < -0.3 is 10.1 Å². The highest BCUT2D eigenvalue weighted by molar-refractivity contribution is 6.32. The number of carbonyl (C=O) groups is 1. The number of hydrogen-bond donors (Lipinski definition) is 1. The lowest BCUT2D eigenvalue weighted by Crippen LogP contribution is -2.15. The lowest BCUT2D eigenvalue weighted by atomic mass is 10.2. The smallest absolute Gasteiger partial charge is 0.259 e. The topological polar surface area (TPSA) is 64.1 Å². The number of halogens is 1. The number of anilines is 1. The van der Waals surface area contributed by atoms with Crippen molar-refractivity contribution in [1.29, 1.82) is 0 Å². The second kappa shape index (κ2) is 5.88. The number of hydrogen-bond acceptors (Lipinski definition) is 4. The molecule has 0 fully saturated rings. The van der Waals surface area contributed by atoms with Crippen molar-refractivity contribution < 1.29 is 9.53 Å². The van der Waals surface area contributed by atoms with Crippen LogP contribution in [-0.2, 0) is 0 Å². The molecule has 0 aliphatic carbocycles. The first-order chi connectivity index (χ1) is 9.51. The van der Waals surface area contributed by atoms with Gasteiger partial charge in [0.2, 0.25) is 0 Å². The third kappa shape index (κ3) is 3.05. The molecule has 20 heavy (non-hydrogen) atoms. The number of carbonyl (C=O) groups excluding carboxylic acids is 1. The van der Waals surface area contributed by atoms with Gasteiger partial charge in [-0.1, -0.05) is 11.6 Å². The zero-order chi connectivity index (χ0) is 14.7. The van der Waals surface area contributed by atoms with Gasteiger partial charge >= 0.3 is 0 Å². The van der Waals surface area contributed by atoms with Crippen molar-refractivity contribution in [3.63, 3.8) is 0 Å². The van der Waals surface area contributed by atoms with Gasteiger partial charge in [0.1, 0.15) is 11.6 Å². The molecule has 5 nitrogen and oxygen atoms in total. The average molecular weight is 292 g/mol. The van der Waals surface area contributed by atoms with E-state index in [9.17, 15) is 4.79 Å². The van der Waals surface area contributed by atoms with Crippen molar-refractivity contribution in [3.05, 3.63) is 46.5 Å². The summed E-state index contributed by atoms with van der Waals surface area (Å²) in [5.74, 6) is 0.912. The monoisotopic (exact) mass is 291 g/mol. The summed E-state index contributed by atoms with van der Waals surface area (Å²) in [5.41, 5.74) is 1.65. The molecular formula is C14H14ClN3O2. The highest BCUT2D eigenvalue weighted by atomic mass is 35.5. The van der Waals surface area contributed by atoms with E-state index in [0.29, 0.717) is 33.5 Å². The molecule has 0 aliphatic heterocycles. The Morgan fingerprint density at radius 1 is 1.35 bits per heavy atom. The normalized spacial score (nSPS) is 10.2. The van der Waals surface area contributed by atoms with Gasteiger partial charge in [0.05, 0.1) is 23.4 Å². The Labute approximate surface area is 122 Å². The van der Waals surface area contributed by atoms with Crippen LogP contribution in [-0.4, -0.2) is 23.0 Å². The van der Waals surface area contributed by atoms with E-state index in [2.05, 4.69) is 15.3 Å². The Kier molecular flexibility index (Phi) is 4.20. The molecule has 1 aromatic heterocycles. The van der Waals surface area contributed by atoms with Gasteiger partial charge in [0.15, 0.2) is 0 Å². The maximum atomic E-state index is 12.1. The number of benzene rings is 1. The Balaban J connectivity index is 2.21. The fourth-order valence-electron chi connectivity index (χ4n) is 1.75. The van der Waals surface area contributed by atoms with Gasteiger partial charge in [-0.15, -0.1) is 0 Å². The SMILES string of the molecule is COc1ccc(NC(=O)c2cnc(C)nc2C)cc1Cl. The quantitative estimate of drug-likeness (QED) is 0.944. The second-order valence-corrected chi connectivity index (χ2v) is 4.63. The van der Waals surface area contributed by atoms with Crippen LogP contribution in [0.15, 0.2) is 24.4 Å². The molecule has 0 saturated carbocycles. The number of rotatable bonds is 3. The van der Waals surface area contributed by atoms with Gasteiger partial charge in [-0.05, 0) is 32.0 Å². The minimum atomic E-state index is -0.274. The van der Waals surface area contributed by atoms with E-state index in [1.807, 2.05) is 0 Å². The highest BCUT2D eigenvalue weighted by Crippen LogP contribution is 2.27. The number of nitrogens with zero attached hydrogens (tertiary/aromatic N) is 2. The first-order valence-electron chi connectivity index (χ1n) is 5.96. The van der Waals surface area contributed by atoms with Crippen LogP contribution in [0, 0.1) is 13.8 Å². The molecule has 1 heterocycles. The lowest BCUT2D eigenvalue weighted by Gasteiger charge is -2.09. The molecule has 104 valence electrons. The summed E-state index contributed by atoms with van der Waals surface area (Å²) in [6.07, 6.45) is 1.51. The van der Waals surface area contributed by atoms with Crippen molar-refractivity contribution in [2.24, 2.45) is 0 Å². The molecule has 6 heteroatoms. The number of amides is 1. The summed E-state index contributed by atoms with van der Waals surface area (Å²) in [6, 6.07) is 5.03. The van der Waals surface area contributed by atoms with Gasteiger partial charge in [0.25, 0.3) is 5.91 Å². The summed E-state index contributed by atoms with van der Waals surface area (Å²) in [4.78, 5) is 20.3. The van der Waals surface area contributed by atoms with E-state index >= 15 is 0 Å². The zero-order valence-corrected chi connectivity index (χ0v) is 12.2. The van der Waals surface area contributed by atoms with Crippen LogP contribution in [0.2, 0.25) is 5.02 Å². The highest BCUT2D eigenvalue weighted by Gasteiger charge is 2.12. The fraction of sp³-hybridized carbons (Fsp3) is 0.214. The standard InChI is InChI=1S/C14H14ClN3O2/c1-8-11(7-16-9(2)17-8)14(19)18-10-4-5-13(20-3)12(15)6-10/h4-7H,1-3H3,(H,18,19). The molecule has 2 aromatic rings. The molecular weight excluding hydrogens is 278 g/mol. The zero-order valence-electron chi connectivity index (χ0n) is 11.4. The molecule has 2 rings (SSSR count). The predicted molar refractivity (Wildman–Crippen MR) is 77.5 cm³/mol. The van der Waals surface area contributed by atoms with Crippen LogP contribution in [0.25, 0.3) is 0 Å². The number of aromatic nitrogens is 2. The van der Waals surface area contributed by atoms with Crippen LogP contribution >= 0.6 is 11.6 Å². The lowest BCUT2D eigenvalue weighted by molar-refractivity contribution is 0.102. The van der Waals surface area contributed by atoms with Crippen molar-refractivity contribution in [3.8, 4) is 5.75 Å². The molecule has 0 aliphatic rings. The number of aryl methyl sites for hydroxylation is 2. The van der Waals surface area contributed by atoms with Crippen LogP contribution in [0.5, 0.6) is 5.75 Å². The molecule has 0 spiro atoms. The van der Waals surface area contributed by atoms with E-state index in [1.54, 1.807) is 32.0 Å². The van der Waals surface area contributed by atoms with E-state index in [4.69, 9.17) is 16.3 Å². The molecule has 0 atom stereocenters.